The number of hydrogen-bond donors (Lipinski definition) is 1. The first-order chi connectivity index (χ1) is 18.8. The number of sulfonamides is 1. The monoisotopic (exact) mass is 616 g/mol. The summed E-state index contributed by atoms with van der Waals surface area (Å²) in [5.41, 5.74) is 4.21. The van der Waals surface area contributed by atoms with Gasteiger partial charge < -0.3 is 5.32 Å². The molecule has 2 aromatic carbocycles. The van der Waals surface area contributed by atoms with Gasteiger partial charge in [-0.2, -0.15) is 4.31 Å². The molecular weight excluding hydrogens is 584 g/mol. The molecule has 0 bridgehead atoms. The number of benzene rings is 2. The third-order valence-corrected chi connectivity index (χ3v) is 11.7. The number of thiazole rings is 1. The Bertz CT molecular complexity index is 1600. The topological polar surface area (TPSA) is 82.6 Å². The number of aromatic nitrogens is 1. The number of hydrogen-bond acceptors (Lipinski definition) is 7. The van der Waals surface area contributed by atoms with Crippen molar-refractivity contribution in [1.29, 1.82) is 0 Å². The molecule has 1 unspecified atom stereocenters. The van der Waals surface area contributed by atoms with Crippen molar-refractivity contribution in [2.24, 2.45) is 0 Å². The van der Waals surface area contributed by atoms with E-state index in [0.29, 0.717) is 19.4 Å². The SMILES string of the molecule is CCCN1CCc2c(sc(NC(=O)C3CCCN3S(=O)(=O)c3ccc(C)cc3)c2-c2nc3ccccc3s2)C1.Cl. The van der Waals surface area contributed by atoms with Gasteiger partial charge in [0.15, 0.2) is 0 Å². The highest BCUT2D eigenvalue weighted by molar-refractivity contribution is 7.89. The number of rotatable bonds is 7. The maximum Gasteiger partial charge on any atom is 0.243 e. The lowest BCUT2D eigenvalue weighted by molar-refractivity contribution is -0.119. The van der Waals surface area contributed by atoms with Gasteiger partial charge in [0.05, 0.1) is 15.1 Å². The van der Waals surface area contributed by atoms with E-state index < -0.39 is 16.1 Å². The molecule has 4 heterocycles. The van der Waals surface area contributed by atoms with Crippen LogP contribution in [0.1, 0.15) is 42.2 Å². The van der Waals surface area contributed by atoms with E-state index in [9.17, 15) is 13.2 Å². The summed E-state index contributed by atoms with van der Waals surface area (Å²) in [6, 6.07) is 14.2. The Morgan fingerprint density at radius 1 is 1.10 bits per heavy atom. The number of nitrogens with one attached hydrogen (secondary N) is 1. The smallest absolute Gasteiger partial charge is 0.243 e. The molecule has 40 heavy (non-hydrogen) atoms. The Hall–Kier alpha value is -2.34. The van der Waals surface area contributed by atoms with Gasteiger partial charge in [-0.25, -0.2) is 13.4 Å². The minimum atomic E-state index is -3.78. The van der Waals surface area contributed by atoms with E-state index in [2.05, 4.69) is 23.2 Å². The number of aryl methyl sites for hydroxylation is 1. The molecular formula is C29H33ClN4O3S3. The zero-order valence-corrected chi connectivity index (χ0v) is 25.8. The average Bonchev–Trinajstić information content (AvgIpc) is 3.65. The second-order valence-electron chi connectivity index (χ2n) is 10.3. The summed E-state index contributed by atoms with van der Waals surface area (Å²) >= 11 is 3.26. The van der Waals surface area contributed by atoms with Gasteiger partial charge in [0.25, 0.3) is 0 Å². The summed E-state index contributed by atoms with van der Waals surface area (Å²) in [5, 5.41) is 4.87. The van der Waals surface area contributed by atoms with Crippen molar-refractivity contribution < 1.29 is 13.2 Å². The van der Waals surface area contributed by atoms with Crippen LogP contribution in [0.2, 0.25) is 0 Å². The third kappa shape index (κ3) is 5.45. The van der Waals surface area contributed by atoms with Crippen molar-refractivity contribution >= 4 is 66.2 Å². The van der Waals surface area contributed by atoms with Gasteiger partial charge in [0.1, 0.15) is 16.1 Å². The number of nitrogens with zero attached hydrogens (tertiary/aromatic N) is 3. The van der Waals surface area contributed by atoms with Gasteiger partial charge in [-0.1, -0.05) is 36.8 Å². The van der Waals surface area contributed by atoms with Gasteiger partial charge in [-0.3, -0.25) is 9.69 Å². The van der Waals surface area contributed by atoms with Gasteiger partial charge in [-0.15, -0.1) is 35.1 Å². The summed E-state index contributed by atoms with van der Waals surface area (Å²) in [7, 11) is -3.78. The maximum absolute atomic E-state index is 13.8. The highest BCUT2D eigenvalue weighted by Crippen LogP contribution is 2.46. The first-order valence-electron chi connectivity index (χ1n) is 13.5. The molecule has 0 radical (unpaired) electrons. The van der Waals surface area contributed by atoms with Crippen LogP contribution in [0.15, 0.2) is 53.4 Å². The number of halogens is 1. The lowest BCUT2D eigenvalue weighted by Gasteiger charge is -2.26. The molecule has 2 aromatic heterocycles. The average molecular weight is 617 g/mol. The van der Waals surface area contributed by atoms with Crippen molar-refractivity contribution in [2.75, 3.05) is 25.0 Å². The molecule has 4 aromatic rings. The molecule has 1 atom stereocenters. The minimum absolute atomic E-state index is 0. The van der Waals surface area contributed by atoms with Crippen molar-refractivity contribution in [3.8, 4) is 10.6 Å². The van der Waals surface area contributed by atoms with Gasteiger partial charge in [0, 0.05) is 30.1 Å². The largest absolute Gasteiger partial charge is 0.316 e. The molecule has 1 fully saturated rings. The van der Waals surface area contributed by atoms with E-state index in [1.807, 2.05) is 25.1 Å². The fourth-order valence-electron chi connectivity index (χ4n) is 5.59. The minimum Gasteiger partial charge on any atom is -0.316 e. The van der Waals surface area contributed by atoms with Crippen LogP contribution >= 0.6 is 35.1 Å². The maximum atomic E-state index is 13.8. The summed E-state index contributed by atoms with van der Waals surface area (Å²) in [6.45, 7) is 7.34. The third-order valence-electron chi connectivity index (χ3n) is 7.55. The number of carbonyl (C=O) groups is 1. The summed E-state index contributed by atoms with van der Waals surface area (Å²) in [4.78, 5) is 22.6. The van der Waals surface area contributed by atoms with E-state index in [1.54, 1.807) is 46.9 Å². The van der Waals surface area contributed by atoms with Gasteiger partial charge in [0.2, 0.25) is 15.9 Å². The van der Waals surface area contributed by atoms with Crippen molar-refractivity contribution in [1.82, 2.24) is 14.2 Å². The standard InChI is InChI=1S/C29H32N4O3S3.ClH/c1-3-15-32-17-14-21-25(18-32)38-29(26(21)28-30-22-7-4-5-9-24(22)37-28)31-27(34)23-8-6-16-33(23)39(35,36)20-12-10-19(2)11-13-20;/h4-5,7,9-13,23H,3,6,8,14-18H2,1-2H3,(H,31,34);1H. The molecule has 0 saturated carbocycles. The van der Waals surface area contributed by atoms with Gasteiger partial charge >= 0.3 is 0 Å². The Kier molecular flexibility index (Phi) is 8.66. The van der Waals surface area contributed by atoms with Crippen LogP contribution in [0.4, 0.5) is 5.00 Å². The van der Waals surface area contributed by atoms with E-state index in [-0.39, 0.29) is 23.2 Å². The van der Waals surface area contributed by atoms with Crippen LogP contribution in [0.25, 0.3) is 20.8 Å². The molecule has 212 valence electrons. The van der Waals surface area contributed by atoms with Crippen LogP contribution in [0.3, 0.4) is 0 Å². The zero-order chi connectivity index (χ0) is 27.1. The molecule has 1 amide bonds. The molecule has 1 saturated heterocycles. The van der Waals surface area contributed by atoms with Crippen LogP contribution in [-0.4, -0.2) is 54.2 Å². The fourth-order valence-corrected chi connectivity index (χ4v) is 9.65. The number of para-hydroxylation sites is 1. The summed E-state index contributed by atoms with van der Waals surface area (Å²) < 4.78 is 29.5. The molecule has 0 spiro atoms. The highest BCUT2D eigenvalue weighted by atomic mass is 35.5. The van der Waals surface area contributed by atoms with E-state index in [1.165, 1.54) is 14.7 Å². The highest BCUT2D eigenvalue weighted by Gasteiger charge is 2.40. The number of anilines is 1. The van der Waals surface area contributed by atoms with Crippen molar-refractivity contribution in [3.63, 3.8) is 0 Å². The van der Waals surface area contributed by atoms with Gasteiger partial charge in [-0.05, 0) is 69.0 Å². The summed E-state index contributed by atoms with van der Waals surface area (Å²) in [6.07, 6.45) is 3.16. The van der Waals surface area contributed by atoms with E-state index in [0.717, 1.165) is 63.8 Å². The number of carbonyl (C=O) groups excluding carboxylic acids is 1. The second-order valence-corrected chi connectivity index (χ2v) is 14.3. The quantitative estimate of drug-likeness (QED) is 0.263. The molecule has 1 N–H and O–H groups in total. The number of amides is 1. The summed E-state index contributed by atoms with van der Waals surface area (Å²) in [5.74, 6) is -0.269. The zero-order valence-electron chi connectivity index (χ0n) is 22.6. The molecule has 11 heteroatoms. The van der Waals surface area contributed by atoms with Crippen LogP contribution in [0, 0.1) is 6.92 Å². The first-order valence-corrected chi connectivity index (χ1v) is 16.5. The normalized spacial score (nSPS) is 18.0. The predicted molar refractivity (Wildman–Crippen MR) is 166 cm³/mol. The molecule has 2 aliphatic heterocycles. The molecule has 0 aliphatic carbocycles. The lowest BCUT2D eigenvalue weighted by Crippen LogP contribution is -2.43. The molecule has 6 rings (SSSR count). The Labute approximate surface area is 249 Å². The van der Waals surface area contributed by atoms with Crippen LogP contribution in [0.5, 0.6) is 0 Å². The predicted octanol–water partition coefficient (Wildman–Crippen LogP) is 6.31. The second kappa shape index (κ2) is 11.9. The van der Waals surface area contributed by atoms with Crippen LogP contribution in [-0.2, 0) is 27.8 Å². The lowest BCUT2D eigenvalue weighted by atomic mass is 10.0. The first kappa shape index (κ1) is 29.2. The Morgan fingerprint density at radius 2 is 1.88 bits per heavy atom. The number of fused-ring (bicyclic) bond motifs is 2. The van der Waals surface area contributed by atoms with Crippen molar-refractivity contribution in [3.05, 3.63) is 64.5 Å². The van der Waals surface area contributed by atoms with E-state index in [4.69, 9.17) is 4.98 Å². The Morgan fingerprint density at radius 3 is 2.62 bits per heavy atom. The van der Waals surface area contributed by atoms with Crippen LogP contribution < -0.4 is 5.32 Å². The molecule has 2 aliphatic rings. The van der Waals surface area contributed by atoms with E-state index >= 15 is 0 Å². The number of thiophene rings is 1. The Balaban J connectivity index is 0.00000323. The fraction of sp³-hybridized carbons (Fsp3) is 0.379. The van der Waals surface area contributed by atoms with Crippen molar-refractivity contribution in [2.45, 2.75) is 57.0 Å². The molecule has 7 nitrogen and oxygen atoms in total.